The number of benzene rings is 2. The highest BCUT2D eigenvalue weighted by atomic mass is 35.5. The van der Waals surface area contributed by atoms with Crippen molar-refractivity contribution in [3.63, 3.8) is 0 Å². The average Bonchev–Trinajstić information content (AvgIpc) is 3.09. The van der Waals surface area contributed by atoms with Crippen molar-refractivity contribution in [2.75, 3.05) is 44.0 Å². The van der Waals surface area contributed by atoms with Gasteiger partial charge in [-0.1, -0.05) is 30.7 Å². The van der Waals surface area contributed by atoms with Crippen LogP contribution >= 0.6 is 11.6 Å². The summed E-state index contributed by atoms with van der Waals surface area (Å²) in [6, 6.07) is 14.4. The van der Waals surface area contributed by atoms with Crippen molar-refractivity contribution in [1.82, 2.24) is 4.90 Å². The van der Waals surface area contributed by atoms with Crippen molar-refractivity contribution in [2.24, 2.45) is 11.8 Å². The van der Waals surface area contributed by atoms with Crippen LogP contribution in [0.25, 0.3) is 0 Å². The number of hydrogen-bond donors (Lipinski definition) is 0. The first kappa shape index (κ1) is 26.0. The molecule has 2 aromatic carbocycles. The highest BCUT2D eigenvalue weighted by Crippen LogP contribution is 2.25. The standard InChI is InChI=1S/C24H32ClNO5S2/c1-19-16-26(12-11-20-5-3-6-22(25)15-20)17-21(19)18-31-23-7-9-24(10-8-23)33(29,30)14-4-13-32(2,27)28/h3,5-10,15,19,21H,4,11-14,16-18H2,1-2H3. The Morgan fingerprint density at radius 1 is 1.03 bits per heavy atom. The summed E-state index contributed by atoms with van der Waals surface area (Å²) in [5.74, 6) is 1.23. The van der Waals surface area contributed by atoms with Crippen LogP contribution in [-0.4, -0.2) is 65.7 Å². The highest BCUT2D eigenvalue weighted by molar-refractivity contribution is 7.92. The van der Waals surface area contributed by atoms with E-state index in [9.17, 15) is 16.8 Å². The van der Waals surface area contributed by atoms with Crippen LogP contribution in [-0.2, 0) is 26.1 Å². The minimum atomic E-state index is -3.51. The molecular formula is C24H32ClNO5S2. The van der Waals surface area contributed by atoms with Crippen molar-refractivity contribution in [3.8, 4) is 5.75 Å². The summed E-state index contributed by atoms with van der Waals surface area (Å²) in [7, 11) is -6.69. The van der Waals surface area contributed by atoms with Gasteiger partial charge in [-0.05, 0) is 60.7 Å². The molecule has 2 unspecified atom stereocenters. The van der Waals surface area contributed by atoms with Gasteiger partial charge < -0.3 is 9.64 Å². The molecule has 33 heavy (non-hydrogen) atoms. The fraction of sp³-hybridized carbons (Fsp3) is 0.500. The first-order valence-corrected chi connectivity index (χ1v) is 15.2. The van der Waals surface area contributed by atoms with Crippen LogP contribution in [0.4, 0.5) is 0 Å². The molecule has 2 atom stereocenters. The Bertz CT molecular complexity index is 1130. The lowest BCUT2D eigenvalue weighted by atomic mass is 9.99. The number of likely N-dealkylation sites (tertiary alicyclic amines) is 1. The first-order valence-electron chi connectivity index (χ1n) is 11.1. The highest BCUT2D eigenvalue weighted by Gasteiger charge is 2.29. The molecule has 1 fully saturated rings. The fourth-order valence-electron chi connectivity index (χ4n) is 4.10. The zero-order valence-electron chi connectivity index (χ0n) is 19.1. The molecule has 1 saturated heterocycles. The van der Waals surface area contributed by atoms with Gasteiger partial charge in [0, 0.05) is 36.8 Å². The second-order valence-corrected chi connectivity index (χ2v) is 13.8. The minimum absolute atomic E-state index is 0.0901. The van der Waals surface area contributed by atoms with Crippen LogP contribution < -0.4 is 4.74 Å². The topological polar surface area (TPSA) is 80.8 Å². The van der Waals surface area contributed by atoms with Gasteiger partial charge in [0.2, 0.25) is 0 Å². The second kappa shape index (κ2) is 11.2. The van der Waals surface area contributed by atoms with Gasteiger partial charge in [-0.2, -0.15) is 0 Å². The summed E-state index contributed by atoms with van der Waals surface area (Å²) in [6.45, 7) is 5.79. The third kappa shape index (κ3) is 8.28. The third-order valence-corrected chi connectivity index (χ3v) is 9.11. The molecule has 1 aliphatic heterocycles. The molecule has 6 nitrogen and oxygen atoms in total. The summed E-state index contributed by atoms with van der Waals surface area (Å²) in [6.07, 6.45) is 2.16. The maximum absolute atomic E-state index is 12.4. The lowest BCUT2D eigenvalue weighted by molar-refractivity contribution is 0.225. The lowest BCUT2D eigenvalue weighted by Gasteiger charge is -2.17. The van der Waals surface area contributed by atoms with E-state index in [2.05, 4.69) is 17.9 Å². The van der Waals surface area contributed by atoms with Crippen molar-refractivity contribution in [3.05, 3.63) is 59.1 Å². The molecule has 9 heteroatoms. The Balaban J connectivity index is 1.46. The molecule has 0 radical (unpaired) electrons. The molecule has 1 heterocycles. The summed E-state index contributed by atoms with van der Waals surface area (Å²) in [5, 5.41) is 0.765. The molecule has 3 rings (SSSR count). The van der Waals surface area contributed by atoms with Crippen molar-refractivity contribution >= 4 is 31.3 Å². The number of hydrogen-bond acceptors (Lipinski definition) is 6. The van der Waals surface area contributed by atoms with Crippen molar-refractivity contribution < 1.29 is 21.6 Å². The molecular weight excluding hydrogens is 482 g/mol. The Hall–Kier alpha value is -1.61. The molecule has 182 valence electrons. The minimum Gasteiger partial charge on any atom is -0.493 e. The van der Waals surface area contributed by atoms with Gasteiger partial charge in [-0.3, -0.25) is 0 Å². The van der Waals surface area contributed by atoms with E-state index in [1.807, 2.05) is 18.2 Å². The molecule has 0 N–H and O–H groups in total. The molecule has 0 saturated carbocycles. The maximum atomic E-state index is 12.4. The van der Waals surface area contributed by atoms with E-state index in [-0.39, 0.29) is 22.8 Å². The van der Waals surface area contributed by atoms with E-state index in [1.54, 1.807) is 12.1 Å². The van der Waals surface area contributed by atoms with E-state index >= 15 is 0 Å². The summed E-state index contributed by atoms with van der Waals surface area (Å²) >= 11 is 6.07. The van der Waals surface area contributed by atoms with Gasteiger partial charge in [0.25, 0.3) is 0 Å². The van der Waals surface area contributed by atoms with Crippen molar-refractivity contribution in [2.45, 2.75) is 24.7 Å². The Labute approximate surface area is 202 Å². The Kier molecular flexibility index (Phi) is 8.83. The molecule has 0 bridgehead atoms. The zero-order valence-corrected chi connectivity index (χ0v) is 21.5. The number of sulfone groups is 2. The van der Waals surface area contributed by atoms with Gasteiger partial charge in [0.1, 0.15) is 15.6 Å². The lowest BCUT2D eigenvalue weighted by Crippen LogP contribution is -2.24. The van der Waals surface area contributed by atoms with Gasteiger partial charge in [-0.15, -0.1) is 0 Å². The third-order valence-electron chi connectivity index (χ3n) is 6.02. The van der Waals surface area contributed by atoms with Gasteiger partial charge in [0.15, 0.2) is 9.84 Å². The fourth-order valence-corrected chi connectivity index (χ4v) is 6.47. The maximum Gasteiger partial charge on any atom is 0.178 e. The van der Waals surface area contributed by atoms with Gasteiger partial charge in [-0.25, -0.2) is 16.8 Å². The van der Waals surface area contributed by atoms with Crippen LogP contribution in [0, 0.1) is 11.8 Å². The average molecular weight is 514 g/mol. The molecule has 0 spiro atoms. The number of rotatable bonds is 11. The van der Waals surface area contributed by atoms with Gasteiger partial charge in [0.05, 0.1) is 23.0 Å². The van der Waals surface area contributed by atoms with Crippen molar-refractivity contribution in [1.29, 1.82) is 0 Å². The van der Waals surface area contributed by atoms with Crippen LogP contribution in [0.3, 0.4) is 0 Å². The molecule has 0 aliphatic carbocycles. The van der Waals surface area contributed by atoms with Gasteiger partial charge >= 0.3 is 0 Å². The monoisotopic (exact) mass is 513 g/mol. The summed E-state index contributed by atoms with van der Waals surface area (Å²) in [5.41, 5.74) is 1.24. The quantitative estimate of drug-likeness (QED) is 0.455. The second-order valence-electron chi connectivity index (χ2n) is 8.96. The smallest absolute Gasteiger partial charge is 0.178 e. The summed E-state index contributed by atoms with van der Waals surface area (Å²) in [4.78, 5) is 2.64. The predicted octanol–water partition coefficient (Wildman–Crippen LogP) is 3.74. The Morgan fingerprint density at radius 2 is 1.76 bits per heavy atom. The molecule has 0 amide bonds. The van der Waals surface area contributed by atoms with E-state index in [4.69, 9.17) is 16.3 Å². The number of nitrogens with zero attached hydrogens (tertiary/aromatic N) is 1. The normalized spacial score (nSPS) is 19.6. The van der Waals surface area contributed by atoms with E-state index < -0.39 is 19.7 Å². The van der Waals surface area contributed by atoms with Crippen LogP contribution in [0.1, 0.15) is 18.9 Å². The molecule has 0 aromatic heterocycles. The zero-order chi connectivity index (χ0) is 24.1. The van der Waals surface area contributed by atoms with E-state index in [1.165, 1.54) is 17.7 Å². The largest absolute Gasteiger partial charge is 0.493 e. The number of ether oxygens (including phenoxy) is 1. The molecule has 1 aliphatic rings. The predicted molar refractivity (Wildman–Crippen MR) is 133 cm³/mol. The molecule has 2 aromatic rings. The SMILES string of the molecule is CC1CN(CCc2cccc(Cl)c2)CC1COc1ccc(S(=O)(=O)CCCS(C)(=O)=O)cc1. The Morgan fingerprint density at radius 3 is 2.42 bits per heavy atom. The summed E-state index contributed by atoms with van der Waals surface area (Å²) < 4.78 is 53.2. The van der Waals surface area contributed by atoms with Crippen LogP contribution in [0.2, 0.25) is 5.02 Å². The number of halogens is 1. The first-order chi connectivity index (χ1) is 15.5. The van der Waals surface area contributed by atoms with Crippen LogP contribution in [0.15, 0.2) is 53.4 Å². The van der Waals surface area contributed by atoms with E-state index in [0.717, 1.165) is 37.3 Å². The van der Waals surface area contributed by atoms with Crippen LogP contribution in [0.5, 0.6) is 5.75 Å². The van der Waals surface area contributed by atoms with E-state index in [0.29, 0.717) is 24.2 Å².